The lowest BCUT2D eigenvalue weighted by Crippen LogP contribution is -2.13. The van der Waals surface area contributed by atoms with E-state index in [1.807, 2.05) is 0 Å². The maximum atomic E-state index is 2.44. The normalized spacial score (nSPS) is 16.0. The van der Waals surface area contributed by atoms with Crippen molar-refractivity contribution in [3.63, 3.8) is 0 Å². The summed E-state index contributed by atoms with van der Waals surface area (Å²) in [6.45, 7) is 2.26. The van der Waals surface area contributed by atoms with Crippen LogP contribution in [0.4, 0.5) is 0 Å². The van der Waals surface area contributed by atoms with Crippen LogP contribution in [0.15, 0.2) is 60.2 Å². The number of aryl methyl sites for hydroxylation is 3. The molecular formula is C23H20. The van der Waals surface area contributed by atoms with Gasteiger partial charge in [0.05, 0.1) is 0 Å². The summed E-state index contributed by atoms with van der Waals surface area (Å²) in [5.74, 6) is 0. The minimum Gasteiger partial charge on any atom is -0.0620 e. The second kappa shape index (κ2) is 4.83. The van der Waals surface area contributed by atoms with Crippen LogP contribution in [0.3, 0.4) is 0 Å². The molecule has 0 radical (unpaired) electrons. The second-order valence-electron chi connectivity index (χ2n) is 6.90. The zero-order chi connectivity index (χ0) is 15.4. The van der Waals surface area contributed by atoms with Crippen molar-refractivity contribution in [2.24, 2.45) is 0 Å². The molecule has 3 aromatic rings. The zero-order valence-corrected chi connectivity index (χ0v) is 13.5. The van der Waals surface area contributed by atoms with Crippen molar-refractivity contribution in [2.75, 3.05) is 0 Å². The van der Waals surface area contributed by atoms with E-state index in [9.17, 15) is 0 Å². The fourth-order valence-corrected chi connectivity index (χ4v) is 4.55. The third-order valence-electron chi connectivity index (χ3n) is 5.65. The van der Waals surface area contributed by atoms with Crippen LogP contribution in [0.2, 0.25) is 0 Å². The highest BCUT2D eigenvalue weighted by Crippen LogP contribution is 2.44. The van der Waals surface area contributed by atoms with Crippen molar-refractivity contribution in [2.45, 2.75) is 32.6 Å². The summed E-state index contributed by atoms with van der Waals surface area (Å²) in [5.41, 5.74) is 10.7. The standard InChI is InChI=1S/C23H20/c1-15-14-22-21(20-9-5-4-7-18(15)20)13-12-17-11-10-16-6-2-3-8-19(16)23(17)22/h2-9,14H,10-13H2,1H3. The molecule has 23 heavy (non-hydrogen) atoms. The lowest BCUT2D eigenvalue weighted by molar-refractivity contribution is 0.809. The minimum absolute atomic E-state index is 1.19. The first kappa shape index (κ1) is 13.1. The Morgan fingerprint density at radius 3 is 2.35 bits per heavy atom. The lowest BCUT2D eigenvalue weighted by Gasteiger charge is -2.30. The summed E-state index contributed by atoms with van der Waals surface area (Å²) in [4.78, 5) is 0. The highest BCUT2D eigenvalue weighted by molar-refractivity contribution is 5.97. The smallest absolute Gasteiger partial charge is 0.0113 e. The Morgan fingerprint density at radius 2 is 1.43 bits per heavy atom. The van der Waals surface area contributed by atoms with Crippen molar-refractivity contribution in [3.8, 4) is 0 Å². The summed E-state index contributed by atoms with van der Waals surface area (Å²) in [6.07, 6.45) is 4.86. The fourth-order valence-electron chi connectivity index (χ4n) is 4.55. The Labute approximate surface area is 137 Å². The lowest BCUT2D eigenvalue weighted by atomic mass is 9.74. The summed E-state index contributed by atoms with van der Waals surface area (Å²) in [5, 5.41) is 2.87. The molecule has 0 nitrogen and oxygen atoms in total. The van der Waals surface area contributed by atoms with Gasteiger partial charge in [-0.05, 0) is 76.8 Å². The van der Waals surface area contributed by atoms with Gasteiger partial charge in [-0.1, -0.05) is 60.2 Å². The topological polar surface area (TPSA) is 0 Å². The molecule has 2 aliphatic rings. The van der Waals surface area contributed by atoms with Crippen LogP contribution in [0.25, 0.3) is 16.3 Å². The SMILES string of the molecule is Cc1cc2c(c3ccccc13)CCC1=C2c2ccccc2CC1. The summed E-state index contributed by atoms with van der Waals surface area (Å²) < 4.78 is 0. The Morgan fingerprint density at radius 1 is 0.696 bits per heavy atom. The van der Waals surface area contributed by atoms with Gasteiger partial charge in [-0.2, -0.15) is 0 Å². The fraction of sp³-hybridized carbons (Fsp3) is 0.217. The second-order valence-corrected chi connectivity index (χ2v) is 6.90. The Balaban J connectivity index is 1.86. The van der Waals surface area contributed by atoms with Gasteiger partial charge in [-0.25, -0.2) is 0 Å². The predicted octanol–water partition coefficient (Wildman–Crippen LogP) is 5.84. The van der Waals surface area contributed by atoms with Crippen molar-refractivity contribution >= 4 is 16.3 Å². The molecular weight excluding hydrogens is 276 g/mol. The van der Waals surface area contributed by atoms with Gasteiger partial charge in [0.25, 0.3) is 0 Å². The monoisotopic (exact) mass is 296 g/mol. The third-order valence-corrected chi connectivity index (χ3v) is 5.65. The average Bonchev–Trinajstić information content (AvgIpc) is 2.61. The van der Waals surface area contributed by atoms with E-state index < -0.39 is 0 Å². The molecule has 3 aromatic carbocycles. The van der Waals surface area contributed by atoms with E-state index in [0.29, 0.717) is 0 Å². The Kier molecular flexibility index (Phi) is 2.76. The van der Waals surface area contributed by atoms with Gasteiger partial charge in [0.15, 0.2) is 0 Å². The summed E-state index contributed by atoms with van der Waals surface area (Å²) in [6, 6.07) is 20.4. The highest BCUT2D eigenvalue weighted by Gasteiger charge is 2.26. The van der Waals surface area contributed by atoms with Gasteiger partial charge in [0.1, 0.15) is 0 Å². The van der Waals surface area contributed by atoms with Gasteiger partial charge in [0, 0.05) is 0 Å². The Bertz CT molecular complexity index is 972. The zero-order valence-electron chi connectivity index (χ0n) is 13.5. The first-order chi connectivity index (χ1) is 11.3. The molecule has 0 saturated carbocycles. The predicted molar refractivity (Wildman–Crippen MR) is 97.8 cm³/mol. The van der Waals surface area contributed by atoms with Crippen molar-refractivity contribution in [1.82, 2.24) is 0 Å². The van der Waals surface area contributed by atoms with Crippen LogP contribution < -0.4 is 0 Å². The first-order valence-electron chi connectivity index (χ1n) is 8.65. The molecule has 112 valence electrons. The first-order valence-corrected chi connectivity index (χ1v) is 8.65. The Hall–Kier alpha value is -2.34. The van der Waals surface area contributed by atoms with E-state index in [4.69, 9.17) is 0 Å². The van der Waals surface area contributed by atoms with E-state index >= 15 is 0 Å². The number of hydrogen-bond donors (Lipinski definition) is 0. The van der Waals surface area contributed by atoms with Crippen LogP contribution in [-0.2, 0) is 12.8 Å². The molecule has 5 rings (SSSR count). The van der Waals surface area contributed by atoms with Gasteiger partial charge in [-0.3, -0.25) is 0 Å². The average molecular weight is 296 g/mol. The highest BCUT2D eigenvalue weighted by atomic mass is 14.3. The van der Waals surface area contributed by atoms with Crippen LogP contribution in [-0.4, -0.2) is 0 Å². The third kappa shape index (κ3) is 1.84. The number of allylic oxidation sites excluding steroid dienone is 1. The molecule has 0 heterocycles. The van der Waals surface area contributed by atoms with Crippen LogP contribution in [0, 0.1) is 6.92 Å². The maximum absolute atomic E-state index is 2.44. The van der Waals surface area contributed by atoms with Crippen LogP contribution in [0.5, 0.6) is 0 Å². The van der Waals surface area contributed by atoms with E-state index in [2.05, 4.69) is 61.5 Å². The molecule has 0 aliphatic heterocycles. The van der Waals surface area contributed by atoms with Gasteiger partial charge >= 0.3 is 0 Å². The maximum Gasteiger partial charge on any atom is -0.0113 e. The van der Waals surface area contributed by atoms with E-state index in [1.165, 1.54) is 58.7 Å². The number of benzene rings is 3. The van der Waals surface area contributed by atoms with Gasteiger partial charge < -0.3 is 0 Å². The summed E-state index contributed by atoms with van der Waals surface area (Å²) >= 11 is 0. The molecule has 0 atom stereocenters. The molecule has 0 unspecified atom stereocenters. The molecule has 0 saturated heterocycles. The molecule has 0 heteroatoms. The van der Waals surface area contributed by atoms with Crippen LogP contribution in [0.1, 0.15) is 40.7 Å². The molecule has 0 N–H and O–H groups in total. The number of rotatable bonds is 0. The molecule has 0 spiro atoms. The van der Waals surface area contributed by atoms with E-state index in [0.717, 1.165) is 0 Å². The quantitative estimate of drug-likeness (QED) is 0.488. The van der Waals surface area contributed by atoms with E-state index in [1.54, 1.807) is 16.7 Å². The summed E-state index contributed by atoms with van der Waals surface area (Å²) in [7, 11) is 0. The van der Waals surface area contributed by atoms with Crippen molar-refractivity contribution in [3.05, 3.63) is 88.0 Å². The molecule has 0 amide bonds. The minimum atomic E-state index is 1.19. The molecule has 0 bridgehead atoms. The molecule has 2 aliphatic carbocycles. The number of hydrogen-bond acceptors (Lipinski definition) is 0. The van der Waals surface area contributed by atoms with Crippen molar-refractivity contribution in [1.29, 1.82) is 0 Å². The molecule has 0 fully saturated rings. The van der Waals surface area contributed by atoms with E-state index in [-0.39, 0.29) is 0 Å². The molecule has 0 aromatic heterocycles. The van der Waals surface area contributed by atoms with Crippen LogP contribution >= 0.6 is 0 Å². The largest absolute Gasteiger partial charge is 0.0620 e. The number of fused-ring (bicyclic) bond motifs is 6. The van der Waals surface area contributed by atoms with Gasteiger partial charge in [0.2, 0.25) is 0 Å². The van der Waals surface area contributed by atoms with Crippen molar-refractivity contribution < 1.29 is 0 Å². The van der Waals surface area contributed by atoms with Gasteiger partial charge in [-0.15, -0.1) is 0 Å².